The number of rotatable bonds is 10. The fraction of sp³-hybridized carbons (Fsp3) is 0.875. The Morgan fingerprint density at radius 1 is 1.21 bits per heavy atom. The summed E-state index contributed by atoms with van der Waals surface area (Å²) in [5, 5.41) is 0. The molecule has 0 saturated carbocycles. The third-order valence-electron chi connectivity index (χ3n) is 3.64. The molecule has 0 aliphatic carbocycles. The predicted octanol–water partition coefficient (Wildman–Crippen LogP) is 4.00. The fourth-order valence-corrected chi connectivity index (χ4v) is 1.91. The molecule has 112 valence electrons. The summed E-state index contributed by atoms with van der Waals surface area (Å²) in [6, 6.07) is 0. The van der Waals surface area contributed by atoms with Crippen molar-refractivity contribution in [3.63, 3.8) is 0 Å². The average molecular weight is 270 g/mol. The molecule has 0 bridgehead atoms. The third-order valence-corrected chi connectivity index (χ3v) is 3.64. The molecule has 19 heavy (non-hydrogen) atoms. The quantitative estimate of drug-likeness (QED) is 0.445. The van der Waals surface area contributed by atoms with Crippen LogP contribution in [0.15, 0.2) is 0 Å². The molecule has 0 heterocycles. The molecule has 0 rings (SSSR count). The van der Waals surface area contributed by atoms with E-state index in [9.17, 15) is 9.59 Å². The maximum atomic E-state index is 11.8. The molecule has 0 saturated heterocycles. The normalized spacial score (nSPS) is 15.9. The van der Waals surface area contributed by atoms with Gasteiger partial charge in [-0.2, -0.15) is 0 Å². The number of aldehydes is 1. The van der Waals surface area contributed by atoms with Crippen molar-refractivity contribution in [1.29, 1.82) is 0 Å². The van der Waals surface area contributed by atoms with Gasteiger partial charge in [-0.05, 0) is 24.7 Å². The van der Waals surface area contributed by atoms with Crippen molar-refractivity contribution < 1.29 is 14.3 Å². The molecular formula is C16H30O3. The monoisotopic (exact) mass is 270 g/mol. The van der Waals surface area contributed by atoms with E-state index in [2.05, 4.69) is 13.8 Å². The Hall–Kier alpha value is -0.860. The lowest BCUT2D eigenvalue weighted by Crippen LogP contribution is -2.26. The average Bonchev–Trinajstić information content (AvgIpc) is 2.37. The number of hydrogen-bond donors (Lipinski definition) is 0. The van der Waals surface area contributed by atoms with E-state index in [0.29, 0.717) is 18.8 Å². The van der Waals surface area contributed by atoms with Crippen LogP contribution in [-0.2, 0) is 14.3 Å². The van der Waals surface area contributed by atoms with E-state index >= 15 is 0 Å². The molecule has 3 heteroatoms. The van der Waals surface area contributed by atoms with E-state index in [1.165, 1.54) is 0 Å². The summed E-state index contributed by atoms with van der Waals surface area (Å²) >= 11 is 0. The highest BCUT2D eigenvalue weighted by Gasteiger charge is 2.20. The van der Waals surface area contributed by atoms with Crippen molar-refractivity contribution in [2.24, 2.45) is 17.8 Å². The number of carbonyl (C=O) groups is 2. The van der Waals surface area contributed by atoms with Crippen molar-refractivity contribution in [2.45, 2.75) is 72.8 Å². The van der Waals surface area contributed by atoms with Crippen molar-refractivity contribution in [1.82, 2.24) is 0 Å². The molecule has 0 fully saturated rings. The van der Waals surface area contributed by atoms with Crippen LogP contribution in [0.4, 0.5) is 0 Å². The van der Waals surface area contributed by atoms with E-state index in [1.807, 2.05) is 20.8 Å². The molecule has 0 aromatic carbocycles. The van der Waals surface area contributed by atoms with Gasteiger partial charge in [-0.3, -0.25) is 4.79 Å². The maximum Gasteiger partial charge on any atom is 0.306 e. The molecule has 0 radical (unpaired) electrons. The van der Waals surface area contributed by atoms with Crippen LogP contribution < -0.4 is 0 Å². The summed E-state index contributed by atoms with van der Waals surface area (Å²) in [7, 11) is 0. The Kier molecular flexibility index (Phi) is 9.54. The highest BCUT2D eigenvalue weighted by atomic mass is 16.5. The van der Waals surface area contributed by atoms with E-state index in [-0.39, 0.29) is 23.9 Å². The predicted molar refractivity (Wildman–Crippen MR) is 77.9 cm³/mol. The molecule has 0 amide bonds. The van der Waals surface area contributed by atoms with Gasteiger partial charge in [0, 0.05) is 12.3 Å². The summed E-state index contributed by atoms with van der Waals surface area (Å²) in [6.45, 7) is 10.3. The molecule has 3 nitrogen and oxygen atoms in total. The zero-order chi connectivity index (χ0) is 14.8. The minimum absolute atomic E-state index is 0.0553. The Morgan fingerprint density at radius 2 is 1.84 bits per heavy atom. The van der Waals surface area contributed by atoms with Gasteiger partial charge in [0.15, 0.2) is 0 Å². The lowest BCUT2D eigenvalue weighted by Gasteiger charge is -2.22. The summed E-state index contributed by atoms with van der Waals surface area (Å²) < 4.78 is 5.50. The smallest absolute Gasteiger partial charge is 0.306 e. The van der Waals surface area contributed by atoms with Gasteiger partial charge < -0.3 is 9.53 Å². The topological polar surface area (TPSA) is 43.4 Å². The van der Waals surface area contributed by atoms with Crippen LogP contribution in [-0.4, -0.2) is 18.4 Å². The standard InChI is InChI=1S/C16H30O3/c1-6-13(4)8-7-9-16(18)19-15(12(2)3)10-14(5)11-17/h11-15H,6-10H2,1-5H3/t13?,14-,15?/m0/s1. The Bertz CT molecular complexity index is 261. The van der Waals surface area contributed by atoms with Gasteiger partial charge in [-0.1, -0.05) is 47.5 Å². The second kappa shape index (κ2) is 9.99. The highest BCUT2D eigenvalue weighted by Crippen LogP contribution is 2.18. The van der Waals surface area contributed by atoms with Crippen molar-refractivity contribution in [2.75, 3.05) is 0 Å². The molecule has 0 aliphatic heterocycles. The summed E-state index contributed by atoms with van der Waals surface area (Å²) in [4.78, 5) is 22.5. The molecule has 0 aromatic rings. The van der Waals surface area contributed by atoms with Crippen molar-refractivity contribution in [3.8, 4) is 0 Å². The maximum absolute atomic E-state index is 11.8. The van der Waals surface area contributed by atoms with Gasteiger partial charge in [-0.25, -0.2) is 0 Å². The number of ether oxygens (including phenoxy) is 1. The molecule has 0 spiro atoms. The van der Waals surface area contributed by atoms with Gasteiger partial charge in [0.1, 0.15) is 12.4 Å². The van der Waals surface area contributed by atoms with Gasteiger partial charge in [-0.15, -0.1) is 0 Å². The minimum Gasteiger partial charge on any atom is -0.462 e. The van der Waals surface area contributed by atoms with Crippen molar-refractivity contribution >= 4 is 12.3 Å². The van der Waals surface area contributed by atoms with Gasteiger partial charge in [0.25, 0.3) is 0 Å². The largest absolute Gasteiger partial charge is 0.462 e. The van der Waals surface area contributed by atoms with Gasteiger partial charge in [0.05, 0.1) is 0 Å². The minimum atomic E-state index is -0.142. The van der Waals surface area contributed by atoms with Crippen LogP contribution in [0, 0.1) is 17.8 Å². The summed E-state index contributed by atoms with van der Waals surface area (Å²) in [5.74, 6) is 0.741. The summed E-state index contributed by atoms with van der Waals surface area (Å²) in [6.07, 6.45) is 5.01. The zero-order valence-electron chi connectivity index (χ0n) is 13.1. The van der Waals surface area contributed by atoms with Gasteiger partial charge in [0.2, 0.25) is 0 Å². The first kappa shape index (κ1) is 18.1. The number of esters is 1. The van der Waals surface area contributed by atoms with Crippen molar-refractivity contribution in [3.05, 3.63) is 0 Å². The molecule has 0 aliphatic rings. The third kappa shape index (κ3) is 8.79. The molecule has 0 aromatic heterocycles. The van der Waals surface area contributed by atoms with Gasteiger partial charge >= 0.3 is 5.97 Å². The van der Waals surface area contributed by atoms with E-state index in [0.717, 1.165) is 25.5 Å². The SMILES string of the molecule is CCC(C)CCCC(=O)OC(C[C@H](C)C=O)C(C)C. The number of carbonyl (C=O) groups excluding carboxylic acids is 2. The van der Waals surface area contributed by atoms with Crippen LogP contribution in [0.1, 0.15) is 66.7 Å². The first-order valence-corrected chi connectivity index (χ1v) is 7.55. The Balaban J connectivity index is 4.06. The second-order valence-corrected chi connectivity index (χ2v) is 6.03. The van der Waals surface area contributed by atoms with Crippen LogP contribution in [0.3, 0.4) is 0 Å². The molecule has 2 unspecified atom stereocenters. The first-order chi connectivity index (χ1) is 8.90. The molecule has 3 atom stereocenters. The van der Waals surface area contributed by atoms with E-state index in [1.54, 1.807) is 0 Å². The lowest BCUT2D eigenvalue weighted by atomic mass is 9.97. The second-order valence-electron chi connectivity index (χ2n) is 6.03. The van der Waals surface area contributed by atoms with E-state index < -0.39 is 0 Å². The molecule has 0 N–H and O–H groups in total. The zero-order valence-corrected chi connectivity index (χ0v) is 13.1. The number of hydrogen-bond acceptors (Lipinski definition) is 3. The summed E-state index contributed by atoms with van der Waals surface area (Å²) in [5.41, 5.74) is 0. The lowest BCUT2D eigenvalue weighted by molar-refractivity contribution is -0.152. The van der Waals surface area contributed by atoms with E-state index in [4.69, 9.17) is 4.74 Å². The Morgan fingerprint density at radius 3 is 2.32 bits per heavy atom. The van der Waals surface area contributed by atoms with Crippen LogP contribution in [0.2, 0.25) is 0 Å². The highest BCUT2D eigenvalue weighted by molar-refractivity contribution is 5.69. The Labute approximate surface area is 118 Å². The first-order valence-electron chi connectivity index (χ1n) is 7.55. The van der Waals surface area contributed by atoms with Crippen LogP contribution in [0.5, 0.6) is 0 Å². The molecular weight excluding hydrogens is 240 g/mol. The van der Waals surface area contributed by atoms with Crippen LogP contribution >= 0.6 is 0 Å². The van der Waals surface area contributed by atoms with Crippen LogP contribution in [0.25, 0.3) is 0 Å². The fourth-order valence-electron chi connectivity index (χ4n) is 1.91.